The Labute approximate surface area is 161 Å². The molecule has 0 saturated heterocycles. The van der Waals surface area contributed by atoms with Crippen LogP contribution in [0.15, 0.2) is 54.9 Å². The molecule has 1 aliphatic heterocycles. The zero-order valence-electron chi connectivity index (χ0n) is 15.5. The van der Waals surface area contributed by atoms with Gasteiger partial charge >= 0.3 is 0 Å². The van der Waals surface area contributed by atoms with Gasteiger partial charge in [0, 0.05) is 11.6 Å². The fraction of sp³-hybridized carbons (Fsp3) is 0.250. The van der Waals surface area contributed by atoms with Crippen LogP contribution in [0.3, 0.4) is 0 Å². The van der Waals surface area contributed by atoms with Crippen molar-refractivity contribution in [2.45, 2.75) is 19.0 Å². The molecule has 0 radical (unpaired) electrons. The Morgan fingerprint density at radius 2 is 1.96 bits per heavy atom. The molecule has 2 aromatic carbocycles. The average Bonchev–Trinajstić information content (AvgIpc) is 3.16. The second kappa shape index (κ2) is 7.30. The SMILES string of the molecule is COc1ccccc1NC(=O)[C@H]1[C@@H](c2ccccc2F)n2ncnc2N[C@@H]1C. The van der Waals surface area contributed by atoms with E-state index in [-0.39, 0.29) is 11.9 Å². The number of aromatic nitrogens is 3. The molecule has 0 aliphatic carbocycles. The summed E-state index contributed by atoms with van der Waals surface area (Å²) in [5.74, 6) is -0.230. The van der Waals surface area contributed by atoms with Gasteiger partial charge in [-0.25, -0.2) is 9.07 Å². The Bertz CT molecular complexity index is 1010. The monoisotopic (exact) mass is 381 g/mol. The lowest BCUT2D eigenvalue weighted by Crippen LogP contribution is -2.47. The molecular formula is C20H20FN5O2. The lowest BCUT2D eigenvalue weighted by Gasteiger charge is -2.37. The van der Waals surface area contributed by atoms with E-state index in [0.717, 1.165) is 0 Å². The predicted molar refractivity (Wildman–Crippen MR) is 103 cm³/mol. The van der Waals surface area contributed by atoms with Crippen LogP contribution in [0.1, 0.15) is 18.5 Å². The van der Waals surface area contributed by atoms with Crippen molar-refractivity contribution >= 4 is 17.5 Å². The third-order valence-electron chi connectivity index (χ3n) is 4.96. The average molecular weight is 381 g/mol. The Morgan fingerprint density at radius 3 is 2.75 bits per heavy atom. The van der Waals surface area contributed by atoms with Crippen molar-refractivity contribution in [1.29, 1.82) is 0 Å². The molecule has 1 aliphatic rings. The molecule has 8 heteroatoms. The Kier molecular flexibility index (Phi) is 4.68. The molecule has 0 fully saturated rings. The number of carbonyl (C=O) groups excluding carboxylic acids is 1. The van der Waals surface area contributed by atoms with Crippen LogP contribution >= 0.6 is 0 Å². The van der Waals surface area contributed by atoms with Crippen molar-refractivity contribution in [1.82, 2.24) is 14.8 Å². The normalized spacial score (nSPS) is 20.8. The van der Waals surface area contributed by atoms with Gasteiger partial charge in [0.15, 0.2) is 0 Å². The first kappa shape index (κ1) is 18.0. The number of hydrogen-bond donors (Lipinski definition) is 2. The molecule has 1 amide bonds. The molecule has 144 valence electrons. The number of para-hydroxylation sites is 2. The van der Waals surface area contributed by atoms with E-state index in [1.54, 1.807) is 42.1 Å². The zero-order valence-corrected chi connectivity index (χ0v) is 15.5. The molecule has 2 heterocycles. The van der Waals surface area contributed by atoms with E-state index in [1.807, 2.05) is 19.1 Å². The van der Waals surface area contributed by atoms with E-state index >= 15 is 0 Å². The fourth-order valence-corrected chi connectivity index (χ4v) is 3.65. The van der Waals surface area contributed by atoms with E-state index in [9.17, 15) is 9.18 Å². The standard InChI is InChI=1S/C20H20FN5O2/c1-12-17(19(27)25-15-9-5-6-10-16(15)28-2)18(13-7-3-4-8-14(13)21)26-20(24-12)22-11-23-26/h3-12,17-18H,1-2H3,(H,25,27)(H,22,23,24)/t12-,17-,18-/m1/s1. The van der Waals surface area contributed by atoms with Gasteiger partial charge in [-0.05, 0) is 25.1 Å². The second-order valence-electron chi connectivity index (χ2n) is 6.64. The van der Waals surface area contributed by atoms with Crippen molar-refractivity contribution in [2.24, 2.45) is 5.92 Å². The minimum absolute atomic E-state index is 0.265. The number of amides is 1. The molecule has 0 unspecified atom stereocenters. The second-order valence-corrected chi connectivity index (χ2v) is 6.64. The number of nitrogens with zero attached hydrogens (tertiary/aromatic N) is 3. The Morgan fingerprint density at radius 1 is 1.21 bits per heavy atom. The summed E-state index contributed by atoms with van der Waals surface area (Å²) in [7, 11) is 1.54. The zero-order chi connectivity index (χ0) is 19.7. The quantitative estimate of drug-likeness (QED) is 0.726. The van der Waals surface area contributed by atoms with Crippen LogP contribution in [-0.2, 0) is 4.79 Å². The number of anilines is 2. The van der Waals surface area contributed by atoms with E-state index < -0.39 is 17.8 Å². The highest BCUT2D eigenvalue weighted by molar-refractivity contribution is 5.95. The summed E-state index contributed by atoms with van der Waals surface area (Å²) in [6, 6.07) is 12.7. The Hall–Kier alpha value is -3.42. The van der Waals surface area contributed by atoms with Gasteiger partial charge in [-0.3, -0.25) is 4.79 Å². The summed E-state index contributed by atoms with van der Waals surface area (Å²) >= 11 is 0. The van der Waals surface area contributed by atoms with E-state index in [0.29, 0.717) is 22.9 Å². The molecular weight excluding hydrogens is 361 g/mol. The number of nitrogens with one attached hydrogen (secondary N) is 2. The first-order valence-electron chi connectivity index (χ1n) is 8.94. The lowest BCUT2D eigenvalue weighted by atomic mass is 9.85. The number of hydrogen-bond acceptors (Lipinski definition) is 5. The number of methoxy groups -OCH3 is 1. The largest absolute Gasteiger partial charge is 0.495 e. The number of ether oxygens (including phenoxy) is 1. The highest BCUT2D eigenvalue weighted by Gasteiger charge is 2.42. The van der Waals surface area contributed by atoms with E-state index in [2.05, 4.69) is 20.7 Å². The van der Waals surface area contributed by atoms with Crippen LogP contribution in [0.2, 0.25) is 0 Å². The van der Waals surface area contributed by atoms with E-state index in [4.69, 9.17) is 4.74 Å². The summed E-state index contributed by atoms with van der Waals surface area (Å²) in [4.78, 5) is 17.5. The molecule has 3 aromatic rings. The summed E-state index contributed by atoms with van der Waals surface area (Å²) in [6.45, 7) is 1.87. The third kappa shape index (κ3) is 3.06. The predicted octanol–water partition coefficient (Wildman–Crippen LogP) is 3.08. The smallest absolute Gasteiger partial charge is 0.232 e. The Balaban J connectivity index is 1.75. The molecule has 2 N–H and O–H groups in total. The molecule has 28 heavy (non-hydrogen) atoms. The van der Waals surface area contributed by atoms with Gasteiger partial charge in [-0.2, -0.15) is 10.1 Å². The third-order valence-corrected chi connectivity index (χ3v) is 4.96. The summed E-state index contributed by atoms with van der Waals surface area (Å²) < 4.78 is 21.5. The van der Waals surface area contributed by atoms with Crippen LogP contribution < -0.4 is 15.4 Å². The highest BCUT2D eigenvalue weighted by Crippen LogP contribution is 2.38. The number of carbonyl (C=O) groups is 1. The van der Waals surface area contributed by atoms with Gasteiger partial charge in [0.05, 0.1) is 24.8 Å². The molecule has 1 aromatic heterocycles. The first-order valence-corrected chi connectivity index (χ1v) is 8.94. The van der Waals surface area contributed by atoms with Gasteiger partial charge in [-0.1, -0.05) is 30.3 Å². The maximum Gasteiger partial charge on any atom is 0.232 e. The molecule has 7 nitrogen and oxygen atoms in total. The van der Waals surface area contributed by atoms with Crippen molar-refractivity contribution < 1.29 is 13.9 Å². The van der Waals surface area contributed by atoms with Gasteiger partial charge in [0.1, 0.15) is 17.9 Å². The van der Waals surface area contributed by atoms with Crippen LogP contribution in [0.25, 0.3) is 0 Å². The van der Waals surface area contributed by atoms with Crippen molar-refractivity contribution in [3.05, 3.63) is 66.2 Å². The van der Waals surface area contributed by atoms with Crippen LogP contribution in [-0.4, -0.2) is 33.8 Å². The minimum Gasteiger partial charge on any atom is -0.495 e. The first-order chi connectivity index (χ1) is 13.6. The number of fused-ring (bicyclic) bond motifs is 1. The molecule has 3 atom stereocenters. The number of benzene rings is 2. The highest BCUT2D eigenvalue weighted by atomic mass is 19.1. The molecule has 0 saturated carbocycles. The maximum absolute atomic E-state index is 14.7. The topological polar surface area (TPSA) is 81.1 Å². The van der Waals surface area contributed by atoms with E-state index in [1.165, 1.54) is 12.4 Å². The summed E-state index contributed by atoms with van der Waals surface area (Å²) in [5, 5.41) is 10.3. The summed E-state index contributed by atoms with van der Waals surface area (Å²) in [6.07, 6.45) is 1.39. The molecule has 4 rings (SSSR count). The van der Waals surface area contributed by atoms with Gasteiger partial charge < -0.3 is 15.4 Å². The van der Waals surface area contributed by atoms with Crippen LogP contribution in [0.5, 0.6) is 5.75 Å². The fourth-order valence-electron chi connectivity index (χ4n) is 3.65. The van der Waals surface area contributed by atoms with Crippen LogP contribution in [0.4, 0.5) is 16.0 Å². The minimum atomic E-state index is -0.635. The molecule has 0 bridgehead atoms. The van der Waals surface area contributed by atoms with Gasteiger partial charge in [-0.15, -0.1) is 0 Å². The number of halogens is 1. The van der Waals surface area contributed by atoms with Crippen molar-refractivity contribution in [2.75, 3.05) is 17.7 Å². The molecule has 0 spiro atoms. The maximum atomic E-state index is 14.7. The lowest BCUT2D eigenvalue weighted by molar-refractivity contribution is -0.121. The summed E-state index contributed by atoms with van der Waals surface area (Å²) in [5.41, 5.74) is 0.946. The number of rotatable bonds is 4. The van der Waals surface area contributed by atoms with Crippen molar-refractivity contribution in [3.8, 4) is 5.75 Å². The van der Waals surface area contributed by atoms with Gasteiger partial charge in [0.25, 0.3) is 0 Å². The van der Waals surface area contributed by atoms with Gasteiger partial charge in [0.2, 0.25) is 11.9 Å². The van der Waals surface area contributed by atoms with Crippen LogP contribution in [0, 0.1) is 11.7 Å². The van der Waals surface area contributed by atoms with Crippen molar-refractivity contribution in [3.63, 3.8) is 0 Å².